The van der Waals surface area contributed by atoms with Crippen LogP contribution in [-0.2, 0) is 4.79 Å². The summed E-state index contributed by atoms with van der Waals surface area (Å²) in [5.74, 6) is -0.0926. The molecule has 0 rings (SSSR count). The van der Waals surface area contributed by atoms with Gasteiger partial charge in [-0.3, -0.25) is 4.79 Å². The molecule has 0 saturated heterocycles. The van der Waals surface area contributed by atoms with Crippen molar-refractivity contribution < 1.29 is 9.90 Å². The van der Waals surface area contributed by atoms with Crippen molar-refractivity contribution >= 4 is 5.78 Å². The Morgan fingerprint density at radius 2 is 2.22 bits per heavy atom. The van der Waals surface area contributed by atoms with Crippen molar-refractivity contribution in [2.45, 2.75) is 32.4 Å². The lowest BCUT2D eigenvalue weighted by Gasteiger charge is -2.10. The van der Waals surface area contributed by atoms with Crippen LogP contribution in [0.15, 0.2) is 0 Å². The van der Waals surface area contributed by atoms with Crippen LogP contribution in [0.25, 0.3) is 0 Å². The van der Waals surface area contributed by atoms with Gasteiger partial charge in [-0.15, -0.1) is 0 Å². The van der Waals surface area contributed by atoms with E-state index in [0.717, 1.165) is 0 Å². The molecule has 0 amide bonds. The van der Waals surface area contributed by atoms with Gasteiger partial charge < -0.3 is 10.8 Å². The number of carbonyl (C=O) groups excluding carboxylic acids is 1. The first-order valence-corrected chi connectivity index (χ1v) is 3.06. The number of nitrogens with two attached hydrogens (primary N) is 1. The third-order valence-corrected chi connectivity index (χ3v) is 1.24. The number of aliphatic hydroxyl groups is 1. The Balaban J connectivity index is 3.72. The highest BCUT2D eigenvalue weighted by molar-refractivity contribution is 5.83. The summed E-state index contributed by atoms with van der Waals surface area (Å²) in [6, 6.07) is -0.699. The Morgan fingerprint density at radius 1 is 1.78 bits per heavy atom. The fraction of sp³-hybridized carbons (Fsp3) is 0.833. The van der Waals surface area contributed by atoms with Crippen LogP contribution in [0.3, 0.4) is 0 Å². The minimum Gasteiger partial charge on any atom is -0.391 e. The van der Waals surface area contributed by atoms with Gasteiger partial charge in [-0.05, 0) is 6.92 Å². The van der Waals surface area contributed by atoms with Crippen LogP contribution in [0.5, 0.6) is 0 Å². The van der Waals surface area contributed by atoms with Crippen molar-refractivity contribution in [1.29, 1.82) is 0 Å². The van der Waals surface area contributed by atoms with Crippen molar-refractivity contribution in [3.8, 4) is 0 Å². The predicted octanol–water partition coefficient (Wildman–Crippen LogP) is -0.326. The first kappa shape index (κ1) is 8.59. The topological polar surface area (TPSA) is 63.3 Å². The first-order valence-electron chi connectivity index (χ1n) is 3.06. The first-order chi connectivity index (χ1) is 4.09. The molecule has 0 saturated carbocycles. The lowest BCUT2D eigenvalue weighted by atomic mass is 10.1. The molecule has 0 aromatic heterocycles. The molecule has 3 heteroatoms. The summed E-state index contributed by atoms with van der Waals surface area (Å²) >= 11 is 0. The summed E-state index contributed by atoms with van der Waals surface area (Å²) in [5, 5.41) is 8.78. The molecule has 0 heterocycles. The number of ketones is 1. The van der Waals surface area contributed by atoms with Crippen molar-refractivity contribution in [2.75, 3.05) is 0 Å². The number of hydrogen-bond donors (Lipinski definition) is 2. The van der Waals surface area contributed by atoms with Crippen LogP contribution in [0.2, 0.25) is 0 Å². The molecular formula is C6H13NO2. The summed E-state index contributed by atoms with van der Waals surface area (Å²) in [4.78, 5) is 10.7. The lowest BCUT2D eigenvalue weighted by molar-refractivity contribution is -0.122. The molecule has 9 heavy (non-hydrogen) atoms. The van der Waals surface area contributed by atoms with E-state index in [2.05, 4.69) is 0 Å². The second kappa shape index (κ2) is 3.58. The SMILES string of the molecule is CCC(=O)[C@@H](N)[C@@H](C)O. The smallest absolute Gasteiger partial charge is 0.151 e. The quantitative estimate of drug-likeness (QED) is 0.551. The van der Waals surface area contributed by atoms with Gasteiger partial charge in [0, 0.05) is 6.42 Å². The zero-order valence-electron chi connectivity index (χ0n) is 5.79. The molecule has 3 nitrogen and oxygen atoms in total. The molecule has 0 aromatic carbocycles. The van der Waals surface area contributed by atoms with Gasteiger partial charge in [0.25, 0.3) is 0 Å². The van der Waals surface area contributed by atoms with Crippen LogP contribution >= 0.6 is 0 Å². The molecule has 0 aliphatic carbocycles. The Bertz CT molecular complexity index is 101. The van der Waals surface area contributed by atoms with Gasteiger partial charge in [0.2, 0.25) is 0 Å². The molecule has 0 spiro atoms. The molecular weight excluding hydrogens is 118 g/mol. The number of Topliss-reactive ketones (excluding diaryl/α,β-unsaturated/α-hetero) is 1. The predicted molar refractivity (Wildman–Crippen MR) is 35.0 cm³/mol. The minimum atomic E-state index is -0.725. The van der Waals surface area contributed by atoms with E-state index in [9.17, 15) is 4.79 Å². The third kappa shape index (κ3) is 2.58. The van der Waals surface area contributed by atoms with Crippen molar-refractivity contribution in [3.05, 3.63) is 0 Å². The van der Waals surface area contributed by atoms with Crippen molar-refractivity contribution in [2.24, 2.45) is 5.73 Å². The van der Waals surface area contributed by atoms with Crippen LogP contribution in [0.4, 0.5) is 0 Å². The van der Waals surface area contributed by atoms with Crippen LogP contribution in [0.1, 0.15) is 20.3 Å². The lowest BCUT2D eigenvalue weighted by Crippen LogP contribution is -2.39. The second-order valence-electron chi connectivity index (χ2n) is 2.09. The highest BCUT2D eigenvalue weighted by atomic mass is 16.3. The van der Waals surface area contributed by atoms with Crippen LogP contribution in [0, 0.1) is 0 Å². The van der Waals surface area contributed by atoms with E-state index in [1.807, 2.05) is 0 Å². The minimum absolute atomic E-state index is 0.0926. The monoisotopic (exact) mass is 131 g/mol. The molecule has 0 fully saturated rings. The molecule has 54 valence electrons. The maximum Gasteiger partial charge on any atom is 0.151 e. The summed E-state index contributed by atoms with van der Waals surface area (Å²) in [6.45, 7) is 3.24. The number of aliphatic hydroxyl groups excluding tert-OH is 1. The molecule has 2 atom stereocenters. The zero-order valence-corrected chi connectivity index (χ0v) is 5.79. The second-order valence-corrected chi connectivity index (χ2v) is 2.09. The van der Waals surface area contributed by atoms with Gasteiger partial charge in [-0.25, -0.2) is 0 Å². The molecule has 0 radical (unpaired) electrons. The van der Waals surface area contributed by atoms with Gasteiger partial charge in [-0.2, -0.15) is 0 Å². The van der Waals surface area contributed by atoms with Gasteiger partial charge in [0.05, 0.1) is 12.1 Å². The highest BCUT2D eigenvalue weighted by Gasteiger charge is 2.15. The van der Waals surface area contributed by atoms with E-state index >= 15 is 0 Å². The maximum absolute atomic E-state index is 10.7. The van der Waals surface area contributed by atoms with Crippen molar-refractivity contribution in [1.82, 2.24) is 0 Å². The molecule has 0 unspecified atom stereocenters. The Labute approximate surface area is 54.9 Å². The Hall–Kier alpha value is -0.410. The number of hydrogen-bond acceptors (Lipinski definition) is 3. The number of rotatable bonds is 3. The molecule has 3 N–H and O–H groups in total. The maximum atomic E-state index is 10.7. The van der Waals surface area contributed by atoms with Crippen LogP contribution in [-0.4, -0.2) is 23.0 Å². The average molecular weight is 131 g/mol. The zero-order chi connectivity index (χ0) is 7.44. The van der Waals surface area contributed by atoms with E-state index in [0.29, 0.717) is 6.42 Å². The summed E-state index contributed by atoms with van der Waals surface area (Å²) in [7, 11) is 0. The van der Waals surface area contributed by atoms with E-state index in [1.54, 1.807) is 6.92 Å². The van der Waals surface area contributed by atoms with E-state index in [4.69, 9.17) is 10.8 Å². The van der Waals surface area contributed by atoms with E-state index < -0.39 is 12.1 Å². The van der Waals surface area contributed by atoms with Crippen LogP contribution < -0.4 is 5.73 Å². The Kier molecular flexibility index (Phi) is 3.42. The Morgan fingerprint density at radius 3 is 2.33 bits per heavy atom. The number of carbonyl (C=O) groups is 1. The summed E-state index contributed by atoms with van der Waals surface area (Å²) in [5.41, 5.74) is 5.27. The fourth-order valence-corrected chi connectivity index (χ4v) is 0.505. The van der Waals surface area contributed by atoms with E-state index in [1.165, 1.54) is 6.92 Å². The van der Waals surface area contributed by atoms with E-state index in [-0.39, 0.29) is 5.78 Å². The molecule has 0 aliphatic rings. The fourth-order valence-electron chi connectivity index (χ4n) is 0.505. The normalized spacial score (nSPS) is 16.9. The molecule has 0 bridgehead atoms. The van der Waals surface area contributed by atoms with Gasteiger partial charge in [-0.1, -0.05) is 6.92 Å². The molecule has 0 aliphatic heterocycles. The van der Waals surface area contributed by atoms with Gasteiger partial charge in [0.1, 0.15) is 0 Å². The van der Waals surface area contributed by atoms with Gasteiger partial charge in [0.15, 0.2) is 5.78 Å². The summed E-state index contributed by atoms with van der Waals surface area (Å²) < 4.78 is 0. The van der Waals surface area contributed by atoms with Crippen molar-refractivity contribution in [3.63, 3.8) is 0 Å². The third-order valence-electron chi connectivity index (χ3n) is 1.24. The van der Waals surface area contributed by atoms with Gasteiger partial charge >= 0.3 is 0 Å². The summed E-state index contributed by atoms with van der Waals surface area (Å²) in [6.07, 6.45) is -0.330. The standard InChI is InChI=1S/C6H13NO2/c1-3-5(9)6(7)4(2)8/h4,6,8H,3,7H2,1-2H3/t4-,6+/m1/s1. The largest absolute Gasteiger partial charge is 0.391 e. The average Bonchev–Trinajstić information content (AvgIpc) is 1.84. The molecule has 0 aromatic rings. The highest BCUT2D eigenvalue weighted by Crippen LogP contribution is 1.92.